The number of halogens is 1. The van der Waals surface area contributed by atoms with E-state index in [9.17, 15) is 0 Å². The number of rotatable bonds is 4. The number of hydrogen-bond acceptors (Lipinski definition) is 4. The fourth-order valence-corrected chi connectivity index (χ4v) is 2.73. The summed E-state index contributed by atoms with van der Waals surface area (Å²) in [5.41, 5.74) is 8.00. The van der Waals surface area contributed by atoms with Gasteiger partial charge in [-0.15, -0.1) is 0 Å². The molecule has 1 saturated heterocycles. The number of benzene rings is 1. The number of hydrogen-bond donors (Lipinski definition) is 2. The molecule has 0 bridgehead atoms. The fourth-order valence-electron chi connectivity index (χ4n) is 2.42. The molecule has 1 aliphatic rings. The van der Waals surface area contributed by atoms with Crippen LogP contribution < -0.4 is 10.6 Å². The van der Waals surface area contributed by atoms with Gasteiger partial charge in [0.15, 0.2) is 0 Å². The average molecular weight is 284 g/mol. The molecule has 3 N–H and O–H groups in total. The molecule has 5 heteroatoms. The normalized spacial score (nSPS) is 18.6. The van der Waals surface area contributed by atoms with Crippen molar-refractivity contribution in [3.63, 3.8) is 0 Å². The van der Waals surface area contributed by atoms with Crippen molar-refractivity contribution in [3.8, 4) is 0 Å². The fraction of sp³-hybridized carbons (Fsp3) is 0.571. The molecule has 0 aromatic heterocycles. The molecule has 1 aromatic carbocycles. The maximum Gasteiger partial charge on any atom is 0.0642 e. The van der Waals surface area contributed by atoms with Crippen molar-refractivity contribution in [2.24, 2.45) is 5.73 Å². The van der Waals surface area contributed by atoms with Crippen LogP contribution in [0.1, 0.15) is 18.5 Å². The molecule has 0 saturated carbocycles. The van der Waals surface area contributed by atoms with Gasteiger partial charge in [-0.25, -0.2) is 0 Å². The van der Waals surface area contributed by atoms with Crippen molar-refractivity contribution >= 4 is 17.3 Å². The SMILES string of the molecule is CC(N)c1ccc(N2CCN(CCO)CC2)c(Cl)c1. The van der Waals surface area contributed by atoms with Crippen LogP contribution in [0.15, 0.2) is 18.2 Å². The van der Waals surface area contributed by atoms with Gasteiger partial charge in [0.2, 0.25) is 0 Å². The molecule has 1 heterocycles. The van der Waals surface area contributed by atoms with E-state index in [1.807, 2.05) is 19.1 Å². The van der Waals surface area contributed by atoms with E-state index in [2.05, 4.69) is 15.9 Å². The number of aliphatic hydroxyl groups is 1. The lowest BCUT2D eigenvalue weighted by Gasteiger charge is -2.36. The molecule has 1 aromatic rings. The Labute approximate surface area is 119 Å². The van der Waals surface area contributed by atoms with Gasteiger partial charge in [0.25, 0.3) is 0 Å². The van der Waals surface area contributed by atoms with E-state index >= 15 is 0 Å². The van der Waals surface area contributed by atoms with Crippen molar-refractivity contribution in [3.05, 3.63) is 28.8 Å². The standard InChI is InChI=1S/C14H22ClN3O/c1-11(16)12-2-3-14(13(15)10-12)18-6-4-17(5-7-18)8-9-19/h2-3,10-11,19H,4-9,16H2,1H3. The lowest BCUT2D eigenvalue weighted by molar-refractivity contribution is 0.189. The molecule has 0 spiro atoms. The van der Waals surface area contributed by atoms with Gasteiger partial charge in [-0.3, -0.25) is 4.90 Å². The van der Waals surface area contributed by atoms with Crippen molar-refractivity contribution < 1.29 is 5.11 Å². The second-order valence-electron chi connectivity index (χ2n) is 5.05. The maximum atomic E-state index is 8.94. The molecular formula is C14H22ClN3O. The molecule has 19 heavy (non-hydrogen) atoms. The van der Waals surface area contributed by atoms with E-state index in [0.29, 0.717) is 0 Å². The van der Waals surface area contributed by atoms with E-state index in [1.54, 1.807) is 0 Å². The molecule has 1 fully saturated rings. The number of nitrogens with two attached hydrogens (primary N) is 1. The van der Waals surface area contributed by atoms with Crippen LogP contribution in [-0.4, -0.2) is 49.3 Å². The summed E-state index contributed by atoms with van der Waals surface area (Å²) in [6.45, 7) is 6.75. The zero-order valence-corrected chi connectivity index (χ0v) is 12.1. The van der Waals surface area contributed by atoms with Gasteiger partial charge in [-0.05, 0) is 24.6 Å². The minimum Gasteiger partial charge on any atom is -0.395 e. The summed E-state index contributed by atoms with van der Waals surface area (Å²) in [4.78, 5) is 4.56. The van der Waals surface area contributed by atoms with Crippen LogP contribution in [0.25, 0.3) is 0 Å². The summed E-state index contributed by atoms with van der Waals surface area (Å²) < 4.78 is 0. The first-order valence-electron chi connectivity index (χ1n) is 6.75. The van der Waals surface area contributed by atoms with Crippen molar-refractivity contribution in [1.29, 1.82) is 0 Å². The van der Waals surface area contributed by atoms with Gasteiger partial charge in [-0.1, -0.05) is 17.7 Å². The zero-order valence-electron chi connectivity index (χ0n) is 11.3. The Morgan fingerprint density at radius 1 is 1.32 bits per heavy atom. The van der Waals surface area contributed by atoms with Gasteiger partial charge in [0.1, 0.15) is 0 Å². The summed E-state index contributed by atoms with van der Waals surface area (Å²) in [5, 5.41) is 9.71. The van der Waals surface area contributed by atoms with Crippen molar-refractivity contribution in [1.82, 2.24) is 4.90 Å². The van der Waals surface area contributed by atoms with Gasteiger partial charge in [0, 0.05) is 38.8 Å². The van der Waals surface area contributed by atoms with Gasteiger partial charge in [-0.2, -0.15) is 0 Å². The largest absolute Gasteiger partial charge is 0.395 e. The Morgan fingerprint density at radius 3 is 2.53 bits per heavy atom. The molecule has 0 amide bonds. The van der Waals surface area contributed by atoms with E-state index in [-0.39, 0.29) is 12.6 Å². The van der Waals surface area contributed by atoms with Crippen molar-refractivity contribution in [2.75, 3.05) is 44.2 Å². The van der Waals surface area contributed by atoms with Crippen LogP contribution in [0.4, 0.5) is 5.69 Å². The van der Waals surface area contributed by atoms with E-state index in [1.165, 1.54) is 0 Å². The van der Waals surface area contributed by atoms with Crippen LogP contribution in [0.5, 0.6) is 0 Å². The van der Waals surface area contributed by atoms with Crippen LogP contribution in [-0.2, 0) is 0 Å². The topological polar surface area (TPSA) is 52.7 Å². The molecule has 106 valence electrons. The van der Waals surface area contributed by atoms with Gasteiger partial charge in [0.05, 0.1) is 17.3 Å². The third-order valence-corrected chi connectivity index (χ3v) is 3.93. The number of β-amino-alcohol motifs (C(OH)–C–C–N with tert-alkyl or cyclic N) is 1. The highest BCUT2D eigenvalue weighted by molar-refractivity contribution is 6.33. The maximum absolute atomic E-state index is 8.94. The minimum atomic E-state index is 0.00736. The molecule has 1 atom stereocenters. The monoisotopic (exact) mass is 283 g/mol. The van der Waals surface area contributed by atoms with Crippen LogP contribution in [0, 0.1) is 0 Å². The Hall–Kier alpha value is -0.810. The number of piperazine rings is 1. The number of aliphatic hydroxyl groups excluding tert-OH is 1. The third-order valence-electron chi connectivity index (χ3n) is 3.63. The predicted octanol–water partition coefficient (Wildman–Crippen LogP) is 1.47. The number of anilines is 1. The van der Waals surface area contributed by atoms with Crippen LogP contribution in [0.3, 0.4) is 0 Å². The predicted molar refractivity (Wildman–Crippen MR) is 79.8 cm³/mol. The highest BCUT2D eigenvalue weighted by Crippen LogP contribution is 2.29. The lowest BCUT2D eigenvalue weighted by Crippen LogP contribution is -2.47. The molecule has 1 aliphatic heterocycles. The second kappa shape index (κ2) is 6.57. The first kappa shape index (κ1) is 14.6. The molecular weight excluding hydrogens is 262 g/mol. The summed E-state index contributed by atoms with van der Waals surface area (Å²) in [7, 11) is 0. The average Bonchev–Trinajstić information content (AvgIpc) is 2.40. The van der Waals surface area contributed by atoms with Crippen molar-refractivity contribution in [2.45, 2.75) is 13.0 Å². The Balaban J connectivity index is 2.03. The highest BCUT2D eigenvalue weighted by atomic mass is 35.5. The van der Waals surface area contributed by atoms with E-state index < -0.39 is 0 Å². The quantitative estimate of drug-likeness (QED) is 0.879. The number of nitrogens with zero attached hydrogens (tertiary/aromatic N) is 2. The zero-order chi connectivity index (χ0) is 13.8. The molecule has 0 aliphatic carbocycles. The van der Waals surface area contributed by atoms with Crippen LogP contribution in [0.2, 0.25) is 5.02 Å². The Kier molecular flexibility index (Phi) is 5.05. The molecule has 1 unspecified atom stereocenters. The van der Waals surface area contributed by atoms with Gasteiger partial charge < -0.3 is 15.7 Å². The molecule has 4 nitrogen and oxygen atoms in total. The summed E-state index contributed by atoms with van der Waals surface area (Å²) in [5.74, 6) is 0. The van der Waals surface area contributed by atoms with Gasteiger partial charge >= 0.3 is 0 Å². The highest BCUT2D eigenvalue weighted by Gasteiger charge is 2.18. The Morgan fingerprint density at radius 2 is 2.00 bits per heavy atom. The van der Waals surface area contributed by atoms with E-state index in [0.717, 1.165) is 49.0 Å². The molecule has 0 radical (unpaired) electrons. The lowest BCUT2D eigenvalue weighted by atomic mass is 10.1. The third kappa shape index (κ3) is 3.60. The minimum absolute atomic E-state index is 0.00736. The second-order valence-corrected chi connectivity index (χ2v) is 5.46. The molecule has 2 rings (SSSR count). The summed E-state index contributed by atoms with van der Waals surface area (Å²) in [6, 6.07) is 6.07. The van der Waals surface area contributed by atoms with Crippen LogP contribution >= 0.6 is 11.6 Å². The Bertz CT molecular complexity index is 417. The van der Waals surface area contributed by atoms with E-state index in [4.69, 9.17) is 22.4 Å². The smallest absolute Gasteiger partial charge is 0.0642 e. The first-order valence-corrected chi connectivity index (χ1v) is 7.13. The first-order chi connectivity index (χ1) is 9.11. The summed E-state index contributed by atoms with van der Waals surface area (Å²) >= 11 is 6.35. The summed E-state index contributed by atoms with van der Waals surface area (Å²) in [6.07, 6.45) is 0.